The van der Waals surface area contributed by atoms with Crippen LogP contribution in [0.1, 0.15) is 49.7 Å². The molecule has 1 atom stereocenters. The van der Waals surface area contributed by atoms with Crippen LogP contribution in [0.5, 0.6) is 0 Å². The lowest BCUT2D eigenvalue weighted by molar-refractivity contribution is 0.154. The molecule has 1 saturated heterocycles. The van der Waals surface area contributed by atoms with Gasteiger partial charge < -0.3 is 4.90 Å². The number of hydrogen-bond acceptors (Lipinski definition) is 2. The second-order valence-electron chi connectivity index (χ2n) is 7.83. The summed E-state index contributed by atoms with van der Waals surface area (Å²) in [4.78, 5) is 2.69. The van der Waals surface area contributed by atoms with Gasteiger partial charge in [0.1, 0.15) is 0 Å². The lowest BCUT2D eigenvalue weighted by Gasteiger charge is -2.39. The Morgan fingerprint density at radius 1 is 1.00 bits per heavy atom. The van der Waals surface area contributed by atoms with Crippen LogP contribution in [0.4, 0.5) is 0 Å². The van der Waals surface area contributed by atoms with Crippen molar-refractivity contribution in [1.82, 2.24) is 4.90 Å². The van der Waals surface area contributed by atoms with Gasteiger partial charge in [-0.2, -0.15) is 5.26 Å². The van der Waals surface area contributed by atoms with Crippen LogP contribution in [-0.2, 0) is 0 Å². The highest BCUT2D eigenvalue weighted by Gasteiger charge is 2.33. The van der Waals surface area contributed by atoms with Gasteiger partial charge in [-0.15, -0.1) is 0 Å². The third kappa shape index (κ3) is 3.48. The van der Waals surface area contributed by atoms with E-state index >= 15 is 0 Å². The molecule has 4 rings (SSSR count). The summed E-state index contributed by atoms with van der Waals surface area (Å²) in [5, 5.41) is 8.90. The zero-order chi connectivity index (χ0) is 17.2. The quantitative estimate of drug-likeness (QED) is 0.770. The minimum absolute atomic E-state index is 0.716. The van der Waals surface area contributed by atoms with Gasteiger partial charge in [-0.1, -0.05) is 36.4 Å². The fourth-order valence-electron chi connectivity index (χ4n) is 4.44. The Hall–Kier alpha value is -2.11. The first kappa shape index (κ1) is 16.4. The second-order valence-corrected chi connectivity index (χ2v) is 7.83. The molecule has 0 amide bonds. The van der Waals surface area contributed by atoms with E-state index in [4.69, 9.17) is 5.26 Å². The van der Waals surface area contributed by atoms with E-state index in [1.807, 2.05) is 24.3 Å². The topological polar surface area (TPSA) is 27.0 Å². The molecule has 0 bridgehead atoms. The molecule has 0 spiro atoms. The van der Waals surface area contributed by atoms with E-state index < -0.39 is 0 Å². The number of benzene rings is 2. The van der Waals surface area contributed by atoms with Crippen molar-refractivity contribution in [3.63, 3.8) is 0 Å². The highest BCUT2D eigenvalue weighted by atomic mass is 15.2. The number of nitrogens with zero attached hydrogens (tertiary/aromatic N) is 2. The molecule has 1 aliphatic carbocycles. The molecule has 2 aromatic rings. The van der Waals surface area contributed by atoms with Gasteiger partial charge in [0.25, 0.3) is 0 Å². The summed E-state index contributed by atoms with van der Waals surface area (Å²) in [5.74, 6) is 1.64. The van der Waals surface area contributed by atoms with Crippen LogP contribution in [0.15, 0.2) is 48.5 Å². The summed E-state index contributed by atoms with van der Waals surface area (Å²) in [5.41, 5.74) is 4.62. The second kappa shape index (κ2) is 7.02. The minimum Gasteiger partial charge on any atom is -0.300 e. The summed E-state index contributed by atoms with van der Waals surface area (Å²) in [7, 11) is 0. The molecule has 2 heteroatoms. The van der Waals surface area contributed by atoms with E-state index in [0.717, 1.165) is 17.9 Å². The SMILES string of the molecule is C[C@@H]1CCCN1C[C@H]1C[C@H](c2ccc(-c3ccc(C#N)cc3)cc2)C1. The molecule has 25 heavy (non-hydrogen) atoms. The monoisotopic (exact) mass is 330 g/mol. The van der Waals surface area contributed by atoms with Gasteiger partial charge in [0, 0.05) is 12.6 Å². The Morgan fingerprint density at radius 2 is 1.64 bits per heavy atom. The molecule has 2 aromatic carbocycles. The molecule has 128 valence electrons. The summed E-state index contributed by atoms with van der Waals surface area (Å²) >= 11 is 0. The van der Waals surface area contributed by atoms with Crippen molar-refractivity contribution >= 4 is 0 Å². The van der Waals surface area contributed by atoms with Gasteiger partial charge in [0.2, 0.25) is 0 Å². The first-order chi connectivity index (χ1) is 12.2. The highest BCUT2D eigenvalue weighted by molar-refractivity contribution is 5.64. The van der Waals surface area contributed by atoms with Crippen LogP contribution in [0.3, 0.4) is 0 Å². The maximum absolute atomic E-state index is 8.90. The molecule has 0 aromatic heterocycles. The maximum Gasteiger partial charge on any atom is 0.0991 e. The molecule has 1 saturated carbocycles. The molecule has 2 aliphatic rings. The number of hydrogen-bond donors (Lipinski definition) is 0. The third-order valence-electron chi connectivity index (χ3n) is 6.15. The predicted molar refractivity (Wildman–Crippen MR) is 102 cm³/mol. The molecule has 1 heterocycles. The molecule has 0 radical (unpaired) electrons. The van der Waals surface area contributed by atoms with Crippen LogP contribution >= 0.6 is 0 Å². The van der Waals surface area contributed by atoms with Crippen LogP contribution < -0.4 is 0 Å². The molecule has 2 nitrogen and oxygen atoms in total. The Balaban J connectivity index is 1.34. The fraction of sp³-hybridized carbons (Fsp3) is 0.435. The number of rotatable bonds is 4. The summed E-state index contributed by atoms with van der Waals surface area (Å²) in [6.07, 6.45) is 5.46. The average molecular weight is 330 g/mol. The Kier molecular flexibility index (Phi) is 4.59. The zero-order valence-electron chi connectivity index (χ0n) is 15.0. The maximum atomic E-state index is 8.90. The van der Waals surface area contributed by atoms with Crippen molar-refractivity contribution in [2.75, 3.05) is 13.1 Å². The van der Waals surface area contributed by atoms with Crippen molar-refractivity contribution < 1.29 is 0 Å². The number of nitriles is 1. The molecule has 2 fully saturated rings. The van der Waals surface area contributed by atoms with Gasteiger partial charge in [-0.25, -0.2) is 0 Å². The summed E-state index contributed by atoms with van der Waals surface area (Å²) in [6, 6.07) is 19.9. The molecule has 1 aliphatic heterocycles. The van der Waals surface area contributed by atoms with Crippen LogP contribution in [0.2, 0.25) is 0 Å². The van der Waals surface area contributed by atoms with E-state index in [0.29, 0.717) is 5.56 Å². The highest BCUT2D eigenvalue weighted by Crippen LogP contribution is 2.43. The van der Waals surface area contributed by atoms with E-state index in [-0.39, 0.29) is 0 Å². The smallest absolute Gasteiger partial charge is 0.0991 e. The summed E-state index contributed by atoms with van der Waals surface area (Å²) in [6.45, 7) is 4.99. The van der Waals surface area contributed by atoms with Crippen LogP contribution in [0, 0.1) is 17.2 Å². The largest absolute Gasteiger partial charge is 0.300 e. The predicted octanol–water partition coefficient (Wildman–Crippen LogP) is 5.20. The normalized spacial score (nSPS) is 26.2. The van der Waals surface area contributed by atoms with Crippen molar-refractivity contribution in [2.45, 2.75) is 44.6 Å². The van der Waals surface area contributed by atoms with Crippen molar-refractivity contribution in [3.05, 3.63) is 59.7 Å². The first-order valence-electron chi connectivity index (χ1n) is 9.57. The van der Waals surface area contributed by atoms with Crippen LogP contribution in [0.25, 0.3) is 11.1 Å². The summed E-state index contributed by atoms with van der Waals surface area (Å²) < 4.78 is 0. The standard InChI is InChI=1S/C23H26N2/c1-17-3-2-12-25(17)16-19-13-23(14-19)22-10-8-21(9-11-22)20-6-4-18(15-24)5-7-20/h4-11,17,19,23H,2-3,12-14,16H2,1H3/t17-,19-,23-/m1/s1. The van der Waals surface area contributed by atoms with Gasteiger partial charge in [-0.3, -0.25) is 0 Å². The van der Waals surface area contributed by atoms with Crippen molar-refractivity contribution in [3.8, 4) is 17.2 Å². The van der Waals surface area contributed by atoms with Gasteiger partial charge in [0.15, 0.2) is 0 Å². The minimum atomic E-state index is 0.716. The van der Waals surface area contributed by atoms with E-state index in [9.17, 15) is 0 Å². The Labute approximate surface area is 151 Å². The van der Waals surface area contributed by atoms with Crippen molar-refractivity contribution in [2.24, 2.45) is 5.92 Å². The zero-order valence-corrected chi connectivity index (χ0v) is 15.0. The lowest BCUT2D eigenvalue weighted by atomic mass is 9.71. The Morgan fingerprint density at radius 3 is 2.20 bits per heavy atom. The van der Waals surface area contributed by atoms with Crippen molar-refractivity contribution in [1.29, 1.82) is 5.26 Å². The van der Waals surface area contributed by atoms with E-state index in [1.54, 1.807) is 0 Å². The van der Waals surface area contributed by atoms with Gasteiger partial charge in [-0.05, 0) is 79.8 Å². The third-order valence-corrected chi connectivity index (χ3v) is 6.15. The lowest BCUT2D eigenvalue weighted by Crippen LogP contribution is -2.37. The number of likely N-dealkylation sites (tertiary alicyclic amines) is 1. The first-order valence-corrected chi connectivity index (χ1v) is 9.57. The van der Waals surface area contributed by atoms with Gasteiger partial charge >= 0.3 is 0 Å². The molecule has 0 N–H and O–H groups in total. The molecular weight excluding hydrogens is 304 g/mol. The van der Waals surface area contributed by atoms with E-state index in [2.05, 4.69) is 42.2 Å². The fourth-order valence-corrected chi connectivity index (χ4v) is 4.44. The van der Waals surface area contributed by atoms with Gasteiger partial charge in [0.05, 0.1) is 11.6 Å². The Bertz CT molecular complexity index is 748. The molecular formula is C23H26N2. The van der Waals surface area contributed by atoms with E-state index in [1.165, 1.54) is 55.5 Å². The van der Waals surface area contributed by atoms with Crippen LogP contribution in [-0.4, -0.2) is 24.0 Å². The molecule has 0 unspecified atom stereocenters. The average Bonchev–Trinajstić information content (AvgIpc) is 3.03.